The number of ether oxygens (including phenoxy) is 6. The molecular weight excluding hydrogens is 624 g/mol. The van der Waals surface area contributed by atoms with Gasteiger partial charge in [0.25, 0.3) is 0 Å². The van der Waals surface area contributed by atoms with Crippen molar-refractivity contribution < 1.29 is 105 Å². The lowest BCUT2D eigenvalue weighted by Gasteiger charge is -2.46. The monoisotopic (exact) mass is 666 g/mol. The molecule has 21 atom stereocenters. The summed E-state index contributed by atoms with van der Waals surface area (Å²) in [6.45, 7) is -2.15. The van der Waals surface area contributed by atoms with Gasteiger partial charge >= 0.3 is 0 Å². The largest absolute Gasteiger partial charge is 0.394 e. The molecule has 4 fully saturated rings. The molecular formula is C24H42O21. The van der Waals surface area contributed by atoms with E-state index in [0.717, 1.165) is 0 Å². The predicted molar refractivity (Wildman–Crippen MR) is 134 cm³/mol. The van der Waals surface area contributed by atoms with Crippen LogP contribution in [0.3, 0.4) is 0 Å². The Balaban J connectivity index is 1.38. The Kier molecular flexibility index (Phi) is 12.5. The molecule has 4 aliphatic rings. The summed E-state index contributed by atoms with van der Waals surface area (Å²) in [6.07, 6.45) is -38.1. The van der Waals surface area contributed by atoms with Crippen molar-refractivity contribution in [3.8, 4) is 0 Å². The van der Waals surface area contributed by atoms with Gasteiger partial charge in [-0.15, -0.1) is 0 Å². The molecule has 21 nitrogen and oxygen atoms in total. The van der Waals surface area contributed by atoms with Gasteiger partial charge in [-0.2, -0.15) is 0 Å². The molecule has 0 spiro atoms. The van der Waals surface area contributed by atoms with Gasteiger partial charge in [0, 0.05) is 0 Å². The van der Waals surface area contributed by atoms with Crippen molar-refractivity contribution in [1.82, 2.24) is 0 Å². The molecule has 1 aliphatic carbocycles. The standard InChI is InChI=1S/C24H42O21/c25-1-4-7(26)10(29)18(37)22(42-4)40-2-5-8(27)11(30)19(38)23(43-5)41-3-6-9(28)12(31)20(39)24(44-6)45-21-16(35)14(33)13(32)15(34)17(21)36/h4-39H,1-3H2/t4?,5?,6?,7-,8-,9-,10+,11+,12+,13-,14?,15?,16?,17-,18?,19?,20?,21-,22-,23-,24-/m0/s1. The van der Waals surface area contributed by atoms with E-state index in [0.29, 0.717) is 0 Å². The first-order valence-electron chi connectivity index (χ1n) is 14.1. The highest BCUT2D eigenvalue weighted by Gasteiger charge is 2.53. The fraction of sp³-hybridized carbons (Fsp3) is 1.00. The van der Waals surface area contributed by atoms with Gasteiger partial charge in [-0.3, -0.25) is 0 Å². The highest BCUT2D eigenvalue weighted by Crippen LogP contribution is 2.31. The second-order valence-electron chi connectivity index (χ2n) is 11.4. The number of hydrogen-bond donors (Lipinski definition) is 15. The van der Waals surface area contributed by atoms with Crippen LogP contribution in [-0.4, -0.2) is 225 Å². The molecule has 0 amide bonds. The van der Waals surface area contributed by atoms with Gasteiger partial charge in [-0.05, 0) is 0 Å². The van der Waals surface area contributed by atoms with E-state index in [2.05, 4.69) is 0 Å². The number of aliphatic hydroxyl groups is 15. The van der Waals surface area contributed by atoms with Crippen LogP contribution < -0.4 is 0 Å². The summed E-state index contributed by atoms with van der Waals surface area (Å²) < 4.78 is 32.1. The first kappa shape index (κ1) is 37.0. The molecule has 0 aromatic heterocycles. The Morgan fingerprint density at radius 2 is 0.667 bits per heavy atom. The summed E-state index contributed by atoms with van der Waals surface area (Å²) in [7, 11) is 0. The summed E-state index contributed by atoms with van der Waals surface area (Å²) in [5, 5.41) is 152. The minimum absolute atomic E-state index is 0.657. The quantitative estimate of drug-likeness (QED) is 0.109. The summed E-state index contributed by atoms with van der Waals surface area (Å²) >= 11 is 0. The molecule has 0 aromatic rings. The molecule has 15 N–H and O–H groups in total. The molecule has 45 heavy (non-hydrogen) atoms. The van der Waals surface area contributed by atoms with E-state index in [9.17, 15) is 76.6 Å². The average molecular weight is 667 g/mol. The van der Waals surface area contributed by atoms with Crippen molar-refractivity contribution in [3.63, 3.8) is 0 Å². The predicted octanol–water partition coefficient (Wildman–Crippen LogP) is -10.4. The first-order valence-corrected chi connectivity index (χ1v) is 14.1. The maximum Gasteiger partial charge on any atom is 0.187 e. The normalized spacial score (nSPS) is 54.6. The van der Waals surface area contributed by atoms with Gasteiger partial charge in [-0.25, -0.2) is 0 Å². The Labute approximate surface area is 254 Å². The molecule has 0 radical (unpaired) electrons. The van der Waals surface area contributed by atoms with Crippen molar-refractivity contribution in [2.45, 2.75) is 129 Å². The van der Waals surface area contributed by atoms with Crippen molar-refractivity contribution in [2.24, 2.45) is 0 Å². The fourth-order valence-electron chi connectivity index (χ4n) is 5.46. The highest BCUT2D eigenvalue weighted by molar-refractivity contribution is 5.01. The molecule has 4 rings (SSSR count). The second kappa shape index (κ2) is 15.1. The van der Waals surface area contributed by atoms with E-state index in [-0.39, 0.29) is 0 Å². The molecule has 9 unspecified atom stereocenters. The third-order valence-corrected chi connectivity index (χ3v) is 8.40. The highest BCUT2D eigenvalue weighted by atomic mass is 16.7. The average Bonchev–Trinajstić information content (AvgIpc) is 3.03. The second-order valence-corrected chi connectivity index (χ2v) is 11.4. The van der Waals surface area contributed by atoms with Crippen LogP contribution in [0.2, 0.25) is 0 Å². The number of hydrogen-bond acceptors (Lipinski definition) is 21. The summed E-state index contributed by atoms with van der Waals surface area (Å²) in [6, 6.07) is 0. The lowest BCUT2D eigenvalue weighted by Crippen LogP contribution is -2.67. The van der Waals surface area contributed by atoms with E-state index < -0.39 is 149 Å². The van der Waals surface area contributed by atoms with Gasteiger partial charge in [0.1, 0.15) is 110 Å². The fourth-order valence-corrected chi connectivity index (χ4v) is 5.46. The lowest BCUT2D eigenvalue weighted by molar-refractivity contribution is -0.354. The maximum absolute atomic E-state index is 10.4. The zero-order valence-electron chi connectivity index (χ0n) is 23.4. The molecule has 0 aromatic carbocycles. The van der Waals surface area contributed by atoms with Gasteiger partial charge in [0.2, 0.25) is 0 Å². The zero-order valence-corrected chi connectivity index (χ0v) is 23.4. The van der Waals surface area contributed by atoms with E-state index in [4.69, 9.17) is 28.4 Å². The SMILES string of the molecule is OCC1O[C@H](OCC2O[C@H](OCC3O[C@@H](O[C@H]4C(O)C(O)[C@H](O)C(O)[C@@H]4O)C(O)[C@H](O)[C@H]3O)C(O)[C@H](O)[C@H]2O)C(O)[C@H](O)[C@H]1O. The molecule has 3 saturated heterocycles. The third-order valence-electron chi connectivity index (χ3n) is 8.40. The molecule has 264 valence electrons. The molecule has 3 heterocycles. The van der Waals surface area contributed by atoms with Crippen LogP contribution in [-0.2, 0) is 28.4 Å². The maximum atomic E-state index is 10.4. The van der Waals surface area contributed by atoms with Crippen LogP contribution in [0.25, 0.3) is 0 Å². The number of aliphatic hydroxyl groups excluding tert-OH is 15. The molecule has 3 aliphatic heterocycles. The van der Waals surface area contributed by atoms with Crippen molar-refractivity contribution in [2.75, 3.05) is 19.8 Å². The van der Waals surface area contributed by atoms with E-state index in [1.165, 1.54) is 0 Å². The topological polar surface area (TPSA) is 359 Å². The van der Waals surface area contributed by atoms with Crippen LogP contribution in [0.4, 0.5) is 0 Å². The van der Waals surface area contributed by atoms with E-state index in [1.54, 1.807) is 0 Å². The van der Waals surface area contributed by atoms with E-state index in [1.807, 2.05) is 0 Å². The minimum atomic E-state index is -2.01. The Bertz CT molecular complexity index is 915. The van der Waals surface area contributed by atoms with Crippen LogP contribution in [0, 0.1) is 0 Å². The van der Waals surface area contributed by atoms with Crippen LogP contribution in [0.1, 0.15) is 0 Å². The van der Waals surface area contributed by atoms with Crippen molar-refractivity contribution in [3.05, 3.63) is 0 Å². The van der Waals surface area contributed by atoms with Gasteiger partial charge in [-0.1, -0.05) is 0 Å². The van der Waals surface area contributed by atoms with Gasteiger partial charge in [0.05, 0.1) is 19.8 Å². The van der Waals surface area contributed by atoms with Crippen LogP contribution in [0.5, 0.6) is 0 Å². The molecule has 1 saturated carbocycles. The third kappa shape index (κ3) is 7.44. The summed E-state index contributed by atoms with van der Waals surface area (Å²) in [5.41, 5.74) is 0. The minimum Gasteiger partial charge on any atom is -0.394 e. The van der Waals surface area contributed by atoms with Crippen LogP contribution in [0.15, 0.2) is 0 Å². The summed E-state index contributed by atoms with van der Waals surface area (Å²) in [5.74, 6) is 0. The molecule has 0 bridgehead atoms. The Hall–Kier alpha value is -0.840. The van der Waals surface area contributed by atoms with Gasteiger partial charge < -0.3 is 105 Å². The lowest BCUT2D eigenvalue weighted by atomic mass is 9.84. The van der Waals surface area contributed by atoms with Crippen molar-refractivity contribution in [1.29, 1.82) is 0 Å². The van der Waals surface area contributed by atoms with E-state index >= 15 is 0 Å². The Morgan fingerprint density at radius 3 is 1.09 bits per heavy atom. The summed E-state index contributed by atoms with van der Waals surface area (Å²) in [4.78, 5) is 0. The van der Waals surface area contributed by atoms with Crippen molar-refractivity contribution >= 4 is 0 Å². The molecule has 21 heteroatoms. The smallest absolute Gasteiger partial charge is 0.187 e. The van der Waals surface area contributed by atoms with Crippen LogP contribution >= 0.6 is 0 Å². The Morgan fingerprint density at radius 1 is 0.356 bits per heavy atom. The zero-order chi connectivity index (χ0) is 33.5. The number of rotatable bonds is 9. The first-order chi connectivity index (χ1) is 21.1. The van der Waals surface area contributed by atoms with Gasteiger partial charge in [0.15, 0.2) is 18.9 Å².